The highest BCUT2D eigenvalue weighted by atomic mass is 35.5. The van der Waals surface area contributed by atoms with Crippen molar-refractivity contribution in [2.45, 2.75) is 20.4 Å². The highest BCUT2D eigenvalue weighted by molar-refractivity contribution is 6.36. The Morgan fingerprint density at radius 3 is 2.15 bits per heavy atom. The molecular formula is C26H23Cl2N3O2. The smallest absolute Gasteiger partial charge is 0.320 e. The van der Waals surface area contributed by atoms with Crippen LogP contribution in [0.25, 0.3) is 21.9 Å². The van der Waals surface area contributed by atoms with Crippen LogP contribution in [0.15, 0.2) is 65.5 Å². The van der Waals surface area contributed by atoms with Crippen molar-refractivity contribution in [2.24, 2.45) is 7.05 Å². The van der Waals surface area contributed by atoms with E-state index < -0.39 is 6.03 Å². The summed E-state index contributed by atoms with van der Waals surface area (Å²) >= 11 is 12.4. The summed E-state index contributed by atoms with van der Waals surface area (Å²) < 4.78 is 1.47. The number of amides is 2. The van der Waals surface area contributed by atoms with E-state index in [2.05, 4.69) is 10.6 Å². The SMILES string of the molecule is Cc1cc2c(-c3ccccc3)c(NC(=O)NCc3c(Cl)cccc3Cl)n(C)c(=O)c2cc1C. The van der Waals surface area contributed by atoms with E-state index in [-0.39, 0.29) is 12.1 Å². The number of hydrogen-bond acceptors (Lipinski definition) is 2. The van der Waals surface area contributed by atoms with Crippen LogP contribution >= 0.6 is 23.2 Å². The van der Waals surface area contributed by atoms with Crippen LogP contribution < -0.4 is 16.2 Å². The fraction of sp³-hybridized carbons (Fsp3) is 0.154. The number of halogens is 2. The summed E-state index contributed by atoms with van der Waals surface area (Å²) in [6.07, 6.45) is 0. The molecule has 0 aliphatic heterocycles. The first-order chi connectivity index (χ1) is 15.8. The zero-order chi connectivity index (χ0) is 23.7. The third-order valence-corrected chi connectivity index (χ3v) is 6.50. The van der Waals surface area contributed by atoms with Crippen molar-refractivity contribution < 1.29 is 4.79 Å². The van der Waals surface area contributed by atoms with Gasteiger partial charge in [0.2, 0.25) is 0 Å². The Morgan fingerprint density at radius 2 is 1.52 bits per heavy atom. The van der Waals surface area contributed by atoms with Gasteiger partial charge in [0, 0.05) is 40.2 Å². The summed E-state index contributed by atoms with van der Waals surface area (Å²) in [6.45, 7) is 4.13. The van der Waals surface area contributed by atoms with Gasteiger partial charge in [0.1, 0.15) is 5.82 Å². The van der Waals surface area contributed by atoms with Gasteiger partial charge in [-0.1, -0.05) is 65.7 Å². The van der Waals surface area contributed by atoms with Crippen molar-refractivity contribution in [3.05, 3.63) is 97.8 Å². The molecule has 0 saturated carbocycles. The molecule has 0 unspecified atom stereocenters. The predicted octanol–water partition coefficient (Wildman–Crippen LogP) is 6.45. The van der Waals surface area contributed by atoms with Crippen LogP contribution in [0.2, 0.25) is 10.0 Å². The quantitative estimate of drug-likeness (QED) is 0.353. The second kappa shape index (κ2) is 9.30. The number of aromatic nitrogens is 1. The highest BCUT2D eigenvalue weighted by Gasteiger charge is 2.19. The lowest BCUT2D eigenvalue weighted by molar-refractivity contribution is 0.251. The van der Waals surface area contributed by atoms with Crippen LogP contribution in [-0.2, 0) is 13.6 Å². The van der Waals surface area contributed by atoms with E-state index in [4.69, 9.17) is 23.2 Å². The van der Waals surface area contributed by atoms with Gasteiger partial charge in [0.15, 0.2) is 0 Å². The highest BCUT2D eigenvalue weighted by Crippen LogP contribution is 2.35. The van der Waals surface area contributed by atoms with Crippen molar-refractivity contribution in [1.29, 1.82) is 0 Å². The number of carbonyl (C=O) groups is 1. The van der Waals surface area contributed by atoms with Crippen molar-refractivity contribution in [3.8, 4) is 11.1 Å². The number of fused-ring (bicyclic) bond motifs is 1. The summed E-state index contributed by atoms with van der Waals surface area (Å²) in [5, 5.41) is 8.00. The lowest BCUT2D eigenvalue weighted by Gasteiger charge is -2.19. The van der Waals surface area contributed by atoms with E-state index in [1.165, 1.54) is 4.57 Å². The van der Waals surface area contributed by atoms with Gasteiger partial charge in [-0.2, -0.15) is 0 Å². The van der Waals surface area contributed by atoms with E-state index in [0.717, 1.165) is 27.6 Å². The molecule has 0 spiro atoms. The lowest BCUT2D eigenvalue weighted by atomic mass is 9.96. The number of nitrogens with one attached hydrogen (secondary N) is 2. The zero-order valence-corrected chi connectivity index (χ0v) is 20.0. The van der Waals surface area contributed by atoms with Crippen molar-refractivity contribution >= 4 is 45.8 Å². The number of anilines is 1. The van der Waals surface area contributed by atoms with Gasteiger partial charge in [-0.3, -0.25) is 14.7 Å². The number of nitrogens with zero attached hydrogens (tertiary/aromatic N) is 1. The molecule has 0 atom stereocenters. The Morgan fingerprint density at radius 1 is 0.909 bits per heavy atom. The Labute approximate surface area is 202 Å². The number of aryl methyl sites for hydroxylation is 2. The molecular weight excluding hydrogens is 457 g/mol. The Hall–Kier alpha value is -3.28. The lowest BCUT2D eigenvalue weighted by Crippen LogP contribution is -2.32. The summed E-state index contributed by atoms with van der Waals surface area (Å²) in [5.74, 6) is 0.407. The number of rotatable bonds is 4. The standard InChI is InChI=1S/C26H23Cl2N3O2/c1-15-12-18-19(13-16(15)2)25(32)31(3)24(23(18)17-8-5-4-6-9-17)30-26(33)29-14-20-21(27)10-7-11-22(20)28/h4-13H,14H2,1-3H3,(H2,29,30,33). The molecule has 2 amide bonds. The predicted molar refractivity (Wildman–Crippen MR) is 136 cm³/mol. The van der Waals surface area contributed by atoms with E-state index in [1.807, 2.05) is 56.3 Å². The van der Waals surface area contributed by atoms with Crippen LogP contribution in [0, 0.1) is 13.8 Å². The minimum Gasteiger partial charge on any atom is -0.334 e. The Bertz CT molecular complexity index is 1410. The fourth-order valence-electron chi connectivity index (χ4n) is 3.84. The summed E-state index contributed by atoms with van der Waals surface area (Å²) in [4.78, 5) is 26.1. The number of urea groups is 1. The maximum absolute atomic E-state index is 13.2. The van der Waals surface area contributed by atoms with Gasteiger partial charge >= 0.3 is 6.03 Å². The molecule has 0 aliphatic rings. The minimum atomic E-state index is -0.471. The molecule has 4 aromatic rings. The van der Waals surface area contributed by atoms with Gasteiger partial charge in [-0.25, -0.2) is 4.79 Å². The molecule has 7 heteroatoms. The molecule has 33 heavy (non-hydrogen) atoms. The van der Waals surface area contributed by atoms with Gasteiger partial charge in [-0.05, 0) is 54.1 Å². The molecule has 5 nitrogen and oxygen atoms in total. The monoisotopic (exact) mass is 479 g/mol. The maximum Gasteiger partial charge on any atom is 0.320 e. The first kappa shape index (κ1) is 22.9. The van der Waals surface area contributed by atoms with Gasteiger partial charge < -0.3 is 5.32 Å². The Kier molecular flexibility index (Phi) is 6.45. The Balaban J connectivity index is 1.80. The van der Waals surface area contributed by atoms with Gasteiger partial charge in [-0.15, -0.1) is 0 Å². The molecule has 0 fully saturated rings. The van der Waals surface area contributed by atoms with Gasteiger partial charge in [0.05, 0.1) is 0 Å². The largest absolute Gasteiger partial charge is 0.334 e. The summed E-state index contributed by atoms with van der Waals surface area (Å²) in [5.41, 5.74) is 4.22. The van der Waals surface area contributed by atoms with Crippen molar-refractivity contribution in [2.75, 3.05) is 5.32 Å². The molecule has 0 radical (unpaired) electrons. The normalized spacial score (nSPS) is 10.9. The van der Waals surface area contributed by atoms with E-state index in [1.54, 1.807) is 25.2 Å². The summed E-state index contributed by atoms with van der Waals surface area (Å²) in [6, 6.07) is 18.3. The van der Waals surface area contributed by atoms with E-state index in [9.17, 15) is 9.59 Å². The third kappa shape index (κ3) is 4.47. The summed E-state index contributed by atoms with van der Waals surface area (Å²) in [7, 11) is 1.66. The first-order valence-corrected chi connectivity index (χ1v) is 11.2. The average molecular weight is 480 g/mol. The molecule has 168 valence electrons. The van der Waals surface area contributed by atoms with Crippen molar-refractivity contribution in [3.63, 3.8) is 0 Å². The van der Waals surface area contributed by atoms with Crippen LogP contribution in [-0.4, -0.2) is 10.6 Å². The number of pyridine rings is 1. The molecule has 0 bridgehead atoms. The number of carbonyl (C=O) groups excluding carboxylic acids is 1. The average Bonchev–Trinajstić information content (AvgIpc) is 2.79. The second-order valence-electron chi connectivity index (χ2n) is 7.94. The van der Waals surface area contributed by atoms with Gasteiger partial charge in [0.25, 0.3) is 5.56 Å². The molecule has 0 saturated heterocycles. The van der Waals surface area contributed by atoms with Crippen LogP contribution in [0.1, 0.15) is 16.7 Å². The van der Waals surface area contributed by atoms with Crippen LogP contribution in [0.4, 0.5) is 10.6 Å². The third-order valence-electron chi connectivity index (χ3n) is 5.79. The molecule has 3 aromatic carbocycles. The maximum atomic E-state index is 13.2. The number of hydrogen-bond donors (Lipinski definition) is 2. The topological polar surface area (TPSA) is 63.1 Å². The molecule has 1 heterocycles. The molecule has 1 aromatic heterocycles. The minimum absolute atomic E-state index is 0.144. The van der Waals surface area contributed by atoms with E-state index >= 15 is 0 Å². The van der Waals surface area contributed by atoms with E-state index in [0.29, 0.717) is 26.8 Å². The zero-order valence-electron chi connectivity index (χ0n) is 18.5. The number of benzene rings is 3. The molecule has 0 aliphatic carbocycles. The second-order valence-corrected chi connectivity index (χ2v) is 8.76. The molecule has 2 N–H and O–H groups in total. The van der Waals surface area contributed by atoms with Crippen LogP contribution in [0.3, 0.4) is 0 Å². The fourth-order valence-corrected chi connectivity index (χ4v) is 4.37. The van der Waals surface area contributed by atoms with Crippen LogP contribution in [0.5, 0.6) is 0 Å². The first-order valence-electron chi connectivity index (χ1n) is 10.4. The molecule has 4 rings (SSSR count). The van der Waals surface area contributed by atoms with Crippen molar-refractivity contribution in [1.82, 2.24) is 9.88 Å².